The number of ether oxygens (including phenoxy) is 1. The third-order valence-corrected chi connectivity index (χ3v) is 2.92. The van der Waals surface area contributed by atoms with E-state index in [9.17, 15) is 14.0 Å². The van der Waals surface area contributed by atoms with Gasteiger partial charge >= 0.3 is 5.97 Å². The lowest BCUT2D eigenvalue weighted by Crippen LogP contribution is -2.18. The molecule has 0 radical (unpaired) electrons. The van der Waals surface area contributed by atoms with Gasteiger partial charge in [0.25, 0.3) is 0 Å². The molecule has 1 saturated carbocycles. The van der Waals surface area contributed by atoms with Crippen LogP contribution in [0.5, 0.6) is 0 Å². The van der Waals surface area contributed by atoms with Crippen LogP contribution in [0.4, 0.5) is 10.1 Å². The predicted octanol–water partition coefficient (Wildman–Crippen LogP) is 1.89. The molecule has 1 aliphatic rings. The molecule has 6 heteroatoms. The maximum atomic E-state index is 13.5. The minimum Gasteiger partial charge on any atom is -0.478 e. The molecular formula is C13H14FNO4. The molecule has 0 bridgehead atoms. The van der Waals surface area contributed by atoms with E-state index in [0.717, 1.165) is 18.2 Å². The Kier molecular flexibility index (Phi) is 3.80. The number of hydrogen-bond acceptors (Lipinski definition) is 3. The molecule has 1 aromatic rings. The fourth-order valence-electron chi connectivity index (χ4n) is 1.83. The van der Waals surface area contributed by atoms with Crippen LogP contribution in [-0.2, 0) is 9.53 Å². The molecule has 0 aromatic heterocycles. The lowest BCUT2D eigenvalue weighted by Gasteiger charge is -2.07. The van der Waals surface area contributed by atoms with Gasteiger partial charge in [0, 0.05) is 6.61 Å². The number of nitrogens with one attached hydrogen (secondary N) is 1. The van der Waals surface area contributed by atoms with Crippen LogP contribution < -0.4 is 5.32 Å². The standard InChI is InChI=1S/C13H14FNO4/c1-2-19-11-6-8(11)12(16)15-10-5-7(13(17)18)3-4-9(10)14/h3-5,8,11H,2,6H2,1H3,(H,15,16)(H,17,18). The van der Waals surface area contributed by atoms with Crippen LogP contribution in [0.25, 0.3) is 0 Å². The Morgan fingerprint density at radius 2 is 2.26 bits per heavy atom. The van der Waals surface area contributed by atoms with Crippen molar-refractivity contribution in [3.8, 4) is 0 Å². The van der Waals surface area contributed by atoms with Crippen molar-refractivity contribution in [1.82, 2.24) is 0 Å². The fourth-order valence-corrected chi connectivity index (χ4v) is 1.83. The average molecular weight is 267 g/mol. The molecule has 1 amide bonds. The van der Waals surface area contributed by atoms with E-state index in [4.69, 9.17) is 9.84 Å². The summed E-state index contributed by atoms with van der Waals surface area (Å²) < 4.78 is 18.8. The summed E-state index contributed by atoms with van der Waals surface area (Å²) in [6.07, 6.45) is 0.496. The molecule has 19 heavy (non-hydrogen) atoms. The molecule has 2 unspecified atom stereocenters. The number of carboxylic acid groups (broad SMARTS) is 1. The number of benzene rings is 1. The first-order valence-electron chi connectivity index (χ1n) is 5.98. The summed E-state index contributed by atoms with van der Waals surface area (Å²) >= 11 is 0. The average Bonchev–Trinajstić information content (AvgIpc) is 3.11. The minimum atomic E-state index is -1.17. The predicted molar refractivity (Wildman–Crippen MR) is 65.5 cm³/mol. The Bertz CT molecular complexity index is 517. The molecule has 1 aliphatic carbocycles. The monoisotopic (exact) mass is 267 g/mol. The van der Waals surface area contributed by atoms with Gasteiger partial charge in [-0.1, -0.05) is 0 Å². The minimum absolute atomic E-state index is 0.0751. The number of anilines is 1. The Hall–Kier alpha value is -1.95. The number of carbonyl (C=O) groups excluding carboxylic acids is 1. The number of carbonyl (C=O) groups is 2. The summed E-state index contributed by atoms with van der Waals surface area (Å²) in [4.78, 5) is 22.6. The molecule has 5 nitrogen and oxygen atoms in total. The summed E-state index contributed by atoms with van der Waals surface area (Å²) in [5.41, 5.74) is -0.194. The summed E-state index contributed by atoms with van der Waals surface area (Å²) in [5, 5.41) is 11.2. The Morgan fingerprint density at radius 1 is 1.53 bits per heavy atom. The van der Waals surface area contributed by atoms with Crippen molar-refractivity contribution in [2.45, 2.75) is 19.4 Å². The number of aromatic carboxylic acids is 1. The molecule has 2 N–H and O–H groups in total. The summed E-state index contributed by atoms with van der Waals surface area (Å²) in [6.45, 7) is 2.36. The summed E-state index contributed by atoms with van der Waals surface area (Å²) in [5.74, 6) is -2.46. The van der Waals surface area contributed by atoms with E-state index >= 15 is 0 Å². The Balaban J connectivity index is 2.05. The molecule has 2 rings (SSSR count). The van der Waals surface area contributed by atoms with Crippen LogP contribution in [0.15, 0.2) is 18.2 Å². The normalized spacial score (nSPS) is 20.9. The molecule has 1 fully saturated rings. The zero-order valence-corrected chi connectivity index (χ0v) is 10.4. The van der Waals surface area contributed by atoms with Gasteiger partial charge in [0.2, 0.25) is 5.91 Å². The van der Waals surface area contributed by atoms with Crippen LogP contribution in [0.2, 0.25) is 0 Å². The van der Waals surface area contributed by atoms with Crippen LogP contribution in [0.1, 0.15) is 23.7 Å². The van der Waals surface area contributed by atoms with E-state index in [-0.39, 0.29) is 29.2 Å². The van der Waals surface area contributed by atoms with E-state index in [1.54, 1.807) is 0 Å². The molecule has 102 valence electrons. The highest BCUT2D eigenvalue weighted by Crippen LogP contribution is 2.35. The second-order valence-electron chi connectivity index (χ2n) is 4.33. The number of amides is 1. The Labute approximate surface area is 109 Å². The van der Waals surface area contributed by atoms with Crippen molar-refractivity contribution >= 4 is 17.6 Å². The van der Waals surface area contributed by atoms with Gasteiger partial charge in [-0.2, -0.15) is 0 Å². The van der Waals surface area contributed by atoms with Crippen molar-refractivity contribution in [2.75, 3.05) is 11.9 Å². The zero-order chi connectivity index (χ0) is 14.0. The van der Waals surface area contributed by atoms with Gasteiger partial charge in [-0.25, -0.2) is 9.18 Å². The van der Waals surface area contributed by atoms with Crippen molar-refractivity contribution in [3.63, 3.8) is 0 Å². The third-order valence-electron chi connectivity index (χ3n) is 2.92. The van der Waals surface area contributed by atoms with Gasteiger partial charge < -0.3 is 15.2 Å². The van der Waals surface area contributed by atoms with E-state index in [1.165, 1.54) is 0 Å². The lowest BCUT2D eigenvalue weighted by molar-refractivity contribution is -0.118. The van der Waals surface area contributed by atoms with Crippen molar-refractivity contribution in [3.05, 3.63) is 29.6 Å². The maximum absolute atomic E-state index is 13.5. The molecular weight excluding hydrogens is 253 g/mol. The lowest BCUT2D eigenvalue weighted by atomic mass is 10.2. The Morgan fingerprint density at radius 3 is 2.89 bits per heavy atom. The van der Waals surface area contributed by atoms with E-state index < -0.39 is 11.8 Å². The summed E-state index contributed by atoms with van der Waals surface area (Å²) in [7, 11) is 0. The first-order chi connectivity index (χ1) is 9.02. The number of rotatable bonds is 5. The smallest absolute Gasteiger partial charge is 0.335 e. The van der Waals surface area contributed by atoms with Gasteiger partial charge in [0.1, 0.15) is 5.82 Å². The number of halogens is 1. The fraction of sp³-hybridized carbons (Fsp3) is 0.385. The molecule has 0 aliphatic heterocycles. The van der Waals surface area contributed by atoms with Crippen molar-refractivity contribution < 1.29 is 23.8 Å². The summed E-state index contributed by atoms with van der Waals surface area (Å²) in [6, 6.07) is 3.27. The molecule has 0 saturated heterocycles. The molecule has 1 aromatic carbocycles. The largest absolute Gasteiger partial charge is 0.478 e. The van der Waals surface area contributed by atoms with Gasteiger partial charge in [-0.3, -0.25) is 4.79 Å². The topological polar surface area (TPSA) is 75.6 Å². The first kappa shape index (κ1) is 13.5. The van der Waals surface area contributed by atoms with Crippen molar-refractivity contribution in [2.24, 2.45) is 5.92 Å². The van der Waals surface area contributed by atoms with Crippen LogP contribution in [0, 0.1) is 11.7 Å². The van der Waals surface area contributed by atoms with Gasteiger partial charge in [-0.15, -0.1) is 0 Å². The van der Waals surface area contributed by atoms with Crippen LogP contribution in [-0.4, -0.2) is 29.7 Å². The van der Waals surface area contributed by atoms with Gasteiger partial charge in [-0.05, 0) is 31.5 Å². The third kappa shape index (κ3) is 3.08. The number of carboxylic acids is 1. The number of hydrogen-bond donors (Lipinski definition) is 2. The SMILES string of the molecule is CCOC1CC1C(=O)Nc1cc(C(=O)O)ccc1F. The highest BCUT2D eigenvalue weighted by molar-refractivity contribution is 5.96. The van der Waals surface area contributed by atoms with Gasteiger partial charge in [0.05, 0.1) is 23.3 Å². The maximum Gasteiger partial charge on any atom is 0.335 e. The second-order valence-corrected chi connectivity index (χ2v) is 4.33. The first-order valence-corrected chi connectivity index (χ1v) is 5.98. The molecule has 0 spiro atoms. The van der Waals surface area contributed by atoms with E-state index in [2.05, 4.69) is 5.32 Å². The highest BCUT2D eigenvalue weighted by atomic mass is 19.1. The highest BCUT2D eigenvalue weighted by Gasteiger charge is 2.44. The molecule has 2 atom stereocenters. The van der Waals surface area contributed by atoms with E-state index in [0.29, 0.717) is 13.0 Å². The second kappa shape index (κ2) is 5.36. The van der Waals surface area contributed by atoms with Crippen LogP contribution >= 0.6 is 0 Å². The van der Waals surface area contributed by atoms with Gasteiger partial charge in [0.15, 0.2) is 0 Å². The van der Waals surface area contributed by atoms with Crippen molar-refractivity contribution in [1.29, 1.82) is 0 Å². The zero-order valence-electron chi connectivity index (χ0n) is 10.4. The quantitative estimate of drug-likeness (QED) is 0.854. The van der Waals surface area contributed by atoms with Crippen LogP contribution in [0.3, 0.4) is 0 Å². The molecule has 0 heterocycles. The van der Waals surface area contributed by atoms with E-state index in [1.807, 2.05) is 6.92 Å².